The van der Waals surface area contributed by atoms with Crippen molar-refractivity contribution in [3.05, 3.63) is 182 Å². The third-order valence-electron chi connectivity index (χ3n) is 12.1. The van der Waals surface area contributed by atoms with Crippen molar-refractivity contribution in [2.45, 2.75) is 0 Å². The van der Waals surface area contributed by atoms with Gasteiger partial charge in [-0.25, -0.2) is 0 Å². The van der Waals surface area contributed by atoms with E-state index in [-0.39, 0.29) is 0 Å². The van der Waals surface area contributed by atoms with Gasteiger partial charge in [-0.05, 0) is 105 Å². The van der Waals surface area contributed by atoms with Crippen molar-refractivity contribution >= 4 is 76.3 Å². The monoisotopic (exact) mass is 698 g/mol. The fraction of sp³-hybridized carbons (Fsp3) is 0. The lowest BCUT2D eigenvalue weighted by molar-refractivity contribution is 0.677. The van der Waals surface area contributed by atoms with Gasteiger partial charge in [0.2, 0.25) is 0 Å². The predicted molar refractivity (Wildman–Crippen MR) is 230 cm³/mol. The number of fused-ring (bicyclic) bond motifs is 14. The second kappa shape index (κ2) is 10.6. The van der Waals surface area contributed by atoms with Crippen LogP contribution in [-0.4, -0.2) is 9.13 Å². The number of aromatic nitrogens is 2. The molecule has 0 aliphatic heterocycles. The molecular weight excluding hydrogens is 669 g/mol. The molecule has 3 heteroatoms. The van der Waals surface area contributed by atoms with E-state index in [1.54, 1.807) is 0 Å². The summed E-state index contributed by atoms with van der Waals surface area (Å²) < 4.78 is 11.9. The zero-order chi connectivity index (χ0) is 35.8. The molecule has 0 N–H and O–H groups in total. The van der Waals surface area contributed by atoms with E-state index in [2.05, 4.69) is 191 Å². The molecule has 3 nitrogen and oxygen atoms in total. The minimum atomic E-state index is 0.926. The van der Waals surface area contributed by atoms with Crippen LogP contribution in [0.3, 0.4) is 0 Å². The van der Waals surface area contributed by atoms with Crippen LogP contribution in [0.25, 0.3) is 121 Å². The van der Waals surface area contributed by atoms with Crippen LogP contribution in [0.5, 0.6) is 0 Å². The van der Waals surface area contributed by atoms with Gasteiger partial charge in [0.1, 0.15) is 11.2 Å². The third kappa shape index (κ3) is 3.79. The maximum absolute atomic E-state index is 7.16. The lowest BCUT2D eigenvalue weighted by Crippen LogP contribution is -1.94. The molecular formula is C52H30N2O. The minimum absolute atomic E-state index is 0.926. The maximum atomic E-state index is 7.16. The number of rotatable bonds is 3. The number of furan rings is 1. The SMILES string of the molecule is c1ccc(-n2c3ccccc3c3c4oc5c(ccc6c5c5ccccc5n6-c5cccc(-c6ccc7c8c(cccc68)-c6ccccc6-7)c5)c4ccc32)cc1. The van der Waals surface area contributed by atoms with E-state index in [0.717, 1.165) is 60.6 Å². The Morgan fingerprint density at radius 3 is 1.49 bits per heavy atom. The van der Waals surface area contributed by atoms with E-state index in [1.807, 2.05) is 0 Å². The smallest absolute Gasteiger partial charge is 0.145 e. The van der Waals surface area contributed by atoms with Crippen molar-refractivity contribution in [2.75, 3.05) is 0 Å². The van der Waals surface area contributed by atoms with E-state index < -0.39 is 0 Å². The summed E-state index contributed by atoms with van der Waals surface area (Å²) in [4.78, 5) is 0. The van der Waals surface area contributed by atoms with Gasteiger partial charge in [0.15, 0.2) is 0 Å². The Hall–Kier alpha value is -7.36. The van der Waals surface area contributed by atoms with Crippen molar-refractivity contribution in [3.63, 3.8) is 0 Å². The van der Waals surface area contributed by atoms with Gasteiger partial charge in [0, 0.05) is 32.9 Å². The van der Waals surface area contributed by atoms with Gasteiger partial charge < -0.3 is 13.6 Å². The number of benzene rings is 9. The molecule has 0 saturated heterocycles. The first-order chi connectivity index (χ1) is 27.3. The van der Waals surface area contributed by atoms with Crippen molar-refractivity contribution in [3.8, 4) is 44.8 Å². The van der Waals surface area contributed by atoms with E-state index in [4.69, 9.17) is 4.42 Å². The number of hydrogen-bond donors (Lipinski definition) is 0. The van der Waals surface area contributed by atoms with E-state index in [9.17, 15) is 0 Å². The van der Waals surface area contributed by atoms with Gasteiger partial charge in [0.25, 0.3) is 0 Å². The molecule has 0 saturated carbocycles. The molecule has 9 aromatic carbocycles. The molecule has 55 heavy (non-hydrogen) atoms. The highest BCUT2D eigenvalue weighted by atomic mass is 16.3. The molecule has 3 aromatic heterocycles. The Bertz CT molecular complexity index is 3570. The summed E-state index contributed by atoms with van der Waals surface area (Å²) in [7, 11) is 0. The molecule has 0 amide bonds. The number of nitrogens with zero attached hydrogens (tertiary/aromatic N) is 2. The van der Waals surface area contributed by atoms with Crippen LogP contribution < -0.4 is 0 Å². The Morgan fingerprint density at radius 2 is 0.800 bits per heavy atom. The van der Waals surface area contributed by atoms with Crippen molar-refractivity contribution in [1.82, 2.24) is 9.13 Å². The van der Waals surface area contributed by atoms with Crippen LogP contribution in [0.4, 0.5) is 0 Å². The molecule has 1 aliphatic carbocycles. The summed E-state index contributed by atoms with van der Waals surface area (Å²) in [6, 6.07) is 66.3. The van der Waals surface area contributed by atoms with Gasteiger partial charge in [-0.15, -0.1) is 0 Å². The molecule has 0 unspecified atom stereocenters. The van der Waals surface area contributed by atoms with Crippen molar-refractivity contribution in [1.29, 1.82) is 0 Å². The van der Waals surface area contributed by atoms with Crippen LogP contribution in [0.2, 0.25) is 0 Å². The van der Waals surface area contributed by atoms with Gasteiger partial charge >= 0.3 is 0 Å². The van der Waals surface area contributed by atoms with Gasteiger partial charge in [-0.2, -0.15) is 0 Å². The summed E-state index contributed by atoms with van der Waals surface area (Å²) in [6.07, 6.45) is 0. The molecule has 0 atom stereocenters. The summed E-state index contributed by atoms with van der Waals surface area (Å²) in [5.41, 5.74) is 16.4. The standard InChI is InChI=1S/C52H30N2O/c1-2-13-32(14-3-1)53-44-22-8-6-18-42(44)49-46(53)28-26-40-41-27-29-47-50(52(41)55-51(40)49)43-19-7-9-23-45(43)54(47)33-15-10-12-31(30-33)34-24-25-39-36-17-5-4-16-35(36)38-21-11-20-37(34)48(38)39/h1-30H. The van der Waals surface area contributed by atoms with Crippen LogP contribution in [0, 0.1) is 0 Å². The first-order valence-electron chi connectivity index (χ1n) is 18.9. The van der Waals surface area contributed by atoms with Gasteiger partial charge in [-0.1, -0.05) is 121 Å². The molecule has 0 spiro atoms. The average Bonchev–Trinajstić information content (AvgIpc) is 3.98. The Morgan fingerprint density at radius 1 is 0.291 bits per heavy atom. The summed E-state index contributed by atoms with van der Waals surface area (Å²) >= 11 is 0. The second-order valence-electron chi connectivity index (χ2n) is 14.8. The molecule has 13 rings (SSSR count). The highest BCUT2D eigenvalue weighted by Crippen LogP contribution is 2.50. The Kier molecular flexibility index (Phi) is 5.63. The number of para-hydroxylation sites is 3. The largest absolute Gasteiger partial charge is 0.455 e. The highest BCUT2D eigenvalue weighted by Gasteiger charge is 2.24. The quantitative estimate of drug-likeness (QED) is 0.180. The topological polar surface area (TPSA) is 23.0 Å². The molecule has 0 bridgehead atoms. The molecule has 254 valence electrons. The summed E-state index contributed by atoms with van der Waals surface area (Å²) in [5, 5.41) is 9.54. The lowest BCUT2D eigenvalue weighted by Gasteiger charge is -2.13. The zero-order valence-electron chi connectivity index (χ0n) is 29.6. The first kappa shape index (κ1) is 29.1. The van der Waals surface area contributed by atoms with Crippen molar-refractivity contribution < 1.29 is 4.42 Å². The molecule has 0 radical (unpaired) electrons. The normalized spacial score (nSPS) is 12.4. The predicted octanol–water partition coefficient (Wildman–Crippen LogP) is 14.2. The van der Waals surface area contributed by atoms with E-state index in [0.29, 0.717) is 0 Å². The van der Waals surface area contributed by atoms with Crippen LogP contribution in [0.15, 0.2) is 186 Å². The van der Waals surface area contributed by atoms with E-state index in [1.165, 1.54) is 60.4 Å². The maximum Gasteiger partial charge on any atom is 0.145 e. The van der Waals surface area contributed by atoms with Gasteiger partial charge in [-0.3, -0.25) is 0 Å². The average molecular weight is 699 g/mol. The van der Waals surface area contributed by atoms with Crippen molar-refractivity contribution in [2.24, 2.45) is 0 Å². The molecule has 0 fully saturated rings. The Balaban J connectivity index is 1.05. The molecule has 1 aliphatic rings. The van der Waals surface area contributed by atoms with Crippen LogP contribution >= 0.6 is 0 Å². The molecule has 3 heterocycles. The second-order valence-corrected chi connectivity index (χ2v) is 14.8. The van der Waals surface area contributed by atoms with Crippen LogP contribution in [-0.2, 0) is 0 Å². The van der Waals surface area contributed by atoms with E-state index >= 15 is 0 Å². The minimum Gasteiger partial charge on any atom is -0.455 e. The zero-order valence-corrected chi connectivity index (χ0v) is 29.6. The Labute approximate surface area is 315 Å². The fourth-order valence-electron chi connectivity index (χ4n) is 9.80. The summed E-state index contributed by atoms with van der Waals surface area (Å²) in [6.45, 7) is 0. The summed E-state index contributed by atoms with van der Waals surface area (Å²) in [5.74, 6) is 0. The first-order valence-corrected chi connectivity index (χ1v) is 18.9. The van der Waals surface area contributed by atoms with Gasteiger partial charge in [0.05, 0.1) is 32.8 Å². The fourth-order valence-corrected chi connectivity index (χ4v) is 9.80. The molecule has 12 aromatic rings. The number of hydrogen-bond acceptors (Lipinski definition) is 1. The highest BCUT2D eigenvalue weighted by molar-refractivity contribution is 6.29. The van der Waals surface area contributed by atoms with Crippen LogP contribution in [0.1, 0.15) is 0 Å². The lowest BCUT2D eigenvalue weighted by atomic mass is 9.94. The third-order valence-corrected chi connectivity index (χ3v) is 12.1.